The average Bonchev–Trinajstić information content (AvgIpc) is 1.35. The van der Waals surface area contributed by atoms with Gasteiger partial charge in [-0.15, -0.1) is 24.8 Å². The summed E-state index contributed by atoms with van der Waals surface area (Å²) in [5.41, 5.74) is 7.70. The summed E-state index contributed by atoms with van der Waals surface area (Å²) in [5, 5.41) is 0. The lowest BCUT2D eigenvalue weighted by atomic mass is 10.4. The lowest BCUT2D eigenvalue weighted by Crippen LogP contribution is -2.35. The van der Waals surface area contributed by atoms with Crippen LogP contribution in [0.4, 0.5) is 0 Å². The second-order valence-electron chi connectivity index (χ2n) is 1.39. The van der Waals surface area contributed by atoms with E-state index >= 15 is 0 Å². The number of halogens is 2. The maximum Gasteiger partial charge on any atom is 0.0247 e. The van der Waals surface area contributed by atoms with Crippen LogP contribution in [0.25, 0.3) is 0 Å². The van der Waals surface area contributed by atoms with Gasteiger partial charge in [0.1, 0.15) is 0 Å². The van der Waals surface area contributed by atoms with E-state index in [2.05, 4.69) is 5.43 Å². The van der Waals surface area contributed by atoms with Crippen LogP contribution in [0.5, 0.6) is 0 Å². The molecule has 0 aromatic carbocycles. The summed E-state index contributed by atoms with van der Waals surface area (Å²) in [6.07, 6.45) is 0. The molecule has 0 heterocycles. The minimum absolute atomic E-state index is 0. The molecule has 0 aromatic heterocycles. The molecule has 0 radical (unpaired) electrons. The summed E-state index contributed by atoms with van der Waals surface area (Å²) in [7, 11) is 0. The zero-order valence-corrected chi connectivity index (χ0v) is 6.39. The first-order valence-electron chi connectivity index (χ1n) is 1.96. The Morgan fingerprint density at radius 3 is 1.88 bits per heavy atom. The molecule has 0 aliphatic heterocycles. The lowest BCUT2D eigenvalue weighted by Gasteiger charge is -1.98. The van der Waals surface area contributed by atoms with Crippen LogP contribution in [-0.4, -0.2) is 12.6 Å². The van der Waals surface area contributed by atoms with E-state index in [1.54, 1.807) is 0 Å². The Balaban J connectivity index is -0.000000125. The Kier molecular flexibility index (Phi) is 20.6. The highest BCUT2D eigenvalue weighted by atomic mass is 35.5. The molecule has 0 bridgehead atoms. The first-order chi connectivity index (χ1) is 2.77. The molecule has 0 amide bonds. The SMILES string of the molecule is CC(N)CNN.Cl.Cl. The molecule has 5 N–H and O–H groups in total. The standard InChI is InChI=1S/C3H11N3.2ClH/c1-3(4)2-6-5;;/h3,6H,2,4-5H2,1H3;2*1H. The van der Waals surface area contributed by atoms with Crippen molar-refractivity contribution in [2.24, 2.45) is 11.6 Å². The van der Waals surface area contributed by atoms with Crippen LogP contribution >= 0.6 is 24.8 Å². The van der Waals surface area contributed by atoms with Crippen molar-refractivity contribution in [2.75, 3.05) is 6.54 Å². The van der Waals surface area contributed by atoms with E-state index in [1.807, 2.05) is 6.92 Å². The van der Waals surface area contributed by atoms with Gasteiger partial charge >= 0.3 is 0 Å². The molecule has 0 aliphatic carbocycles. The Labute approximate surface area is 62.0 Å². The van der Waals surface area contributed by atoms with Crippen LogP contribution in [0.1, 0.15) is 6.92 Å². The van der Waals surface area contributed by atoms with Gasteiger partial charge in [0.15, 0.2) is 0 Å². The summed E-state index contributed by atoms with van der Waals surface area (Å²) < 4.78 is 0. The van der Waals surface area contributed by atoms with E-state index in [4.69, 9.17) is 11.6 Å². The predicted octanol–water partition coefficient (Wildman–Crippen LogP) is -0.359. The minimum atomic E-state index is 0. The average molecular weight is 162 g/mol. The third-order valence-electron chi connectivity index (χ3n) is 0.440. The smallest absolute Gasteiger partial charge is 0.0247 e. The second-order valence-corrected chi connectivity index (χ2v) is 1.39. The van der Waals surface area contributed by atoms with Crippen molar-refractivity contribution in [1.29, 1.82) is 0 Å². The van der Waals surface area contributed by atoms with Gasteiger partial charge in [-0.25, -0.2) is 0 Å². The van der Waals surface area contributed by atoms with Gasteiger partial charge in [-0.05, 0) is 6.92 Å². The van der Waals surface area contributed by atoms with Gasteiger partial charge in [0.05, 0.1) is 0 Å². The Morgan fingerprint density at radius 1 is 1.50 bits per heavy atom. The lowest BCUT2D eigenvalue weighted by molar-refractivity contribution is 0.631. The molecule has 1 unspecified atom stereocenters. The number of nitrogens with one attached hydrogen (secondary N) is 1. The molecule has 1 atom stereocenters. The van der Waals surface area contributed by atoms with Crippen LogP contribution in [0, 0.1) is 0 Å². The number of rotatable bonds is 2. The third-order valence-corrected chi connectivity index (χ3v) is 0.440. The first kappa shape index (κ1) is 15.8. The van der Waals surface area contributed by atoms with Crippen molar-refractivity contribution in [3.8, 4) is 0 Å². The van der Waals surface area contributed by atoms with Gasteiger partial charge in [0.2, 0.25) is 0 Å². The second kappa shape index (κ2) is 10.4. The zero-order chi connectivity index (χ0) is 4.99. The van der Waals surface area contributed by atoms with E-state index in [9.17, 15) is 0 Å². The van der Waals surface area contributed by atoms with Crippen LogP contribution in [-0.2, 0) is 0 Å². The van der Waals surface area contributed by atoms with E-state index in [1.165, 1.54) is 0 Å². The van der Waals surface area contributed by atoms with Crippen LogP contribution in [0.2, 0.25) is 0 Å². The van der Waals surface area contributed by atoms with Crippen molar-refractivity contribution in [3.63, 3.8) is 0 Å². The predicted molar refractivity (Wildman–Crippen MR) is 40.3 cm³/mol. The summed E-state index contributed by atoms with van der Waals surface area (Å²) in [5.74, 6) is 4.90. The molecule has 3 nitrogen and oxygen atoms in total. The monoisotopic (exact) mass is 161 g/mol. The number of hydrazine groups is 1. The van der Waals surface area contributed by atoms with Crippen molar-refractivity contribution in [2.45, 2.75) is 13.0 Å². The Hall–Kier alpha value is 0.460. The maximum absolute atomic E-state index is 5.26. The molecule has 5 heteroatoms. The molecular formula is C3H13Cl2N3. The van der Waals surface area contributed by atoms with Crippen LogP contribution < -0.4 is 17.0 Å². The quantitative estimate of drug-likeness (QED) is 0.383. The van der Waals surface area contributed by atoms with E-state index in [-0.39, 0.29) is 30.9 Å². The Bertz CT molecular complexity index is 33.7. The molecule has 0 saturated heterocycles. The van der Waals surface area contributed by atoms with Gasteiger partial charge in [-0.3, -0.25) is 11.3 Å². The van der Waals surface area contributed by atoms with Gasteiger partial charge in [-0.2, -0.15) is 0 Å². The fraction of sp³-hybridized carbons (Fsp3) is 1.00. The van der Waals surface area contributed by atoms with Gasteiger partial charge in [0.25, 0.3) is 0 Å². The molecule has 0 spiro atoms. The van der Waals surface area contributed by atoms with Gasteiger partial charge in [-0.1, -0.05) is 0 Å². The van der Waals surface area contributed by atoms with Gasteiger partial charge in [0, 0.05) is 12.6 Å². The fourth-order valence-corrected chi connectivity index (χ4v) is 0.186. The van der Waals surface area contributed by atoms with Crippen molar-refractivity contribution >= 4 is 24.8 Å². The van der Waals surface area contributed by atoms with Crippen LogP contribution in [0.3, 0.4) is 0 Å². The molecule has 0 saturated carbocycles. The minimum Gasteiger partial charge on any atom is -0.327 e. The molecule has 0 aliphatic rings. The molecule has 0 fully saturated rings. The van der Waals surface area contributed by atoms with Gasteiger partial charge < -0.3 is 5.73 Å². The summed E-state index contributed by atoms with van der Waals surface area (Å²) in [4.78, 5) is 0. The largest absolute Gasteiger partial charge is 0.327 e. The highest BCUT2D eigenvalue weighted by Gasteiger charge is 1.84. The molecule has 8 heavy (non-hydrogen) atoms. The number of hydrogen-bond acceptors (Lipinski definition) is 3. The third kappa shape index (κ3) is 16.1. The zero-order valence-electron chi connectivity index (χ0n) is 4.76. The Morgan fingerprint density at radius 2 is 1.88 bits per heavy atom. The molecule has 54 valence electrons. The highest BCUT2D eigenvalue weighted by molar-refractivity contribution is 5.85. The van der Waals surface area contributed by atoms with Crippen molar-refractivity contribution in [1.82, 2.24) is 5.43 Å². The molecule has 0 rings (SSSR count). The summed E-state index contributed by atoms with van der Waals surface area (Å²) in [6, 6.07) is 0.162. The summed E-state index contributed by atoms with van der Waals surface area (Å²) in [6.45, 7) is 2.57. The normalized spacial score (nSPS) is 10.9. The topological polar surface area (TPSA) is 64.1 Å². The molecular weight excluding hydrogens is 149 g/mol. The maximum atomic E-state index is 5.26. The van der Waals surface area contributed by atoms with Crippen LogP contribution in [0.15, 0.2) is 0 Å². The van der Waals surface area contributed by atoms with Crippen molar-refractivity contribution in [3.05, 3.63) is 0 Å². The fourth-order valence-electron chi connectivity index (χ4n) is 0.186. The summed E-state index contributed by atoms with van der Waals surface area (Å²) >= 11 is 0. The van der Waals surface area contributed by atoms with E-state index in [0.29, 0.717) is 6.54 Å². The van der Waals surface area contributed by atoms with E-state index < -0.39 is 0 Å². The van der Waals surface area contributed by atoms with Crippen molar-refractivity contribution < 1.29 is 0 Å². The highest BCUT2D eigenvalue weighted by Crippen LogP contribution is 1.62. The number of nitrogens with two attached hydrogens (primary N) is 2. The number of hydrogen-bond donors (Lipinski definition) is 3. The van der Waals surface area contributed by atoms with E-state index in [0.717, 1.165) is 0 Å². The molecule has 0 aromatic rings. The first-order valence-corrected chi connectivity index (χ1v) is 1.96.